The molecule has 1 aromatic carbocycles. The fraction of sp³-hybridized carbons (Fsp3) is 0.600. The van der Waals surface area contributed by atoms with Crippen molar-refractivity contribution in [3.05, 3.63) is 29.8 Å². The highest BCUT2D eigenvalue weighted by Crippen LogP contribution is 2.38. The van der Waals surface area contributed by atoms with Gasteiger partial charge in [-0.2, -0.15) is 0 Å². The first-order valence-corrected chi connectivity index (χ1v) is 8.35. The van der Waals surface area contributed by atoms with Gasteiger partial charge in [0.05, 0.1) is 0 Å². The zero-order valence-electron chi connectivity index (χ0n) is 11.0. The first-order chi connectivity index (χ1) is 8.85. The summed E-state index contributed by atoms with van der Waals surface area (Å²) in [5.41, 5.74) is 1.53. The lowest BCUT2D eigenvalue weighted by atomic mass is 10.00. The molecule has 2 unspecified atom stereocenters. The monoisotopic (exact) mass is 283 g/mol. The highest BCUT2D eigenvalue weighted by atomic mass is 35.5. The van der Waals surface area contributed by atoms with Crippen molar-refractivity contribution in [1.29, 1.82) is 0 Å². The van der Waals surface area contributed by atoms with Crippen LogP contribution in [-0.4, -0.2) is 24.7 Å². The van der Waals surface area contributed by atoms with E-state index in [0.717, 1.165) is 31.3 Å². The Morgan fingerprint density at radius 1 is 1.44 bits per heavy atom. The van der Waals surface area contributed by atoms with Crippen molar-refractivity contribution in [2.24, 2.45) is 5.92 Å². The quantitative estimate of drug-likeness (QED) is 0.756. The summed E-state index contributed by atoms with van der Waals surface area (Å²) in [6.07, 6.45) is 2.34. The second-order valence-corrected chi connectivity index (χ2v) is 6.40. The van der Waals surface area contributed by atoms with Gasteiger partial charge in [0.2, 0.25) is 0 Å². The van der Waals surface area contributed by atoms with Gasteiger partial charge in [0.15, 0.2) is 0 Å². The number of rotatable bonds is 7. The van der Waals surface area contributed by atoms with E-state index < -0.39 is 0 Å². The highest BCUT2D eigenvalue weighted by molar-refractivity contribution is 7.99. The number of hydrogen-bond acceptors (Lipinski definition) is 2. The lowest BCUT2D eigenvalue weighted by Gasteiger charge is -2.17. The Morgan fingerprint density at radius 3 is 3.06 bits per heavy atom. The number of halogens is 1. The summed E-state index contributed by atoms with van der Waals surface area (Å²) in [6, 6.07) is 8.80. The molecule has 0 amide bonds. The molecule has 0 bridgehead atoms. The highest BCUT2D eigenvalue weighted by Gasteiger charge is 2.22. The van der Waals surface area contributed by atoms with E-state index in [1.165, 1.54) is 22.6 Å². The van der Waals surface area contributed by atoms with Gasteiger partial charge in [-0.1, -0.05) is 31.5 Å². The minimum Gasteiger partial charge on any atom is -0.316 e. The normalized spacial score (nSPS) is 19.8. The second kappa shape index (κ2) is 7.42. The number of fused-ring (bicyclic) bond motifs is 1. The maximum absolute atomic E-state index is 5.82. The number of thioether (sulfide) groups is 1. The van der Waals surface area contributed by atoms with E-state index in [2.05, 4.69) is 36.5 Å². The molecule has 2 rings (SSSR count). The molecule has 0 aliphatic carbocycles. The van der Waals surface area contributed by atoms with Gasteiger partial charge < -0.3 is 5.32 Å². The molecule has 1 aliphatic heterocycles. The van der Waals surface area contributed by atoms with Gasteiger partial charge in [0.25, 0.3) is 0 Å². The Hall–Kier alpha value is -0.180. The molecule has 18 heavy (non-hydrogen) atoms. The van der Waals surface area contributed by atoms with Gasteiger partial charge in [0, 0.05) is 29.0 Å². The Labute approximate surface area is 120 Å². The Kier molecular flexibility index (Phi) is 5.87. The third-order valence-electron chi connectivity index (χ3n) is 3.72. The standard InChI is InChI=1S/C15H22ClNS/c1-2-12(7-8-16)9-17-10-13-11-18-15-6-4-3-5-14(13)15/h3-6,12-13,17H,2,7-11H2,1H3. The number of hydrogen-bond donors (Lipinski definition) is 1. The molecule has 0 spiro atoms. The Balaban J connectivity index is 1.78. The van der Waals surface area contributed by atoms with E-state index in [9.17, 15) is 0 Å². The van der Waals surface area contributed by atoms with E-state index in [4.69, 9.17) is 11.6 Å². The molecule has 1 heterocycles. The van der Waals surface area contributed by atoms with Crippen LogP contribution in [0.15, 0.2) is 29.2 Å². The molecule has 0 saturated heterocycles. The van der Waals surface area contributed by atoms with Crippen LogP contribution in [0.3, 0.4) is 0 Å². The van der Waals surface area contributed by atoms with Crippen LogP contribution in [-0.2, 0) is 0 Å². The zero-order valence-corrected chi connectivity index (χ0v) is 12.6. The predicted octanol–water partition coefficient (Wildman–Crippen LogP) is 4.12. The molecule has 100 valence electrons. The first-order valence-electron chi connectivity index (χ1n) is 6.83. The van der Waals surface area contributed by atoms with Crippen molar-refractivity contribution in [1.82, 2.24) is 5.32 Å². The molecule has 2 atom stereocenters. The number of nitrogens with one attached hydrogen (secondary N) is 1. The average Bonchev–Trinajstić information content (AvgIpc) is 2.81. The smallest absolute Gasteiger partial charge is 0.0226 e. The molecular formula is C15H22ClNS. The van der Waals surface area contributed by atoms with E-state index in [1.807, 2.05) is 11.8 Å². The maximum atomic E-state index is 5.82. The van der Waals surface area contributed by atoms with Gasteiger partial charge in [0.1, 0.15) is 0 Å². The third kappa shape index (κ3) is 3.66. The molecule has 1 nitrogen and oxygen atoms in total. The van der Waals surface area contributed by atoms with Crippen molar-refractivity contribution in [2.45, 2.75) is 30.6 Å². The topological polar surface area (TPSA) is 12.0 Å². The van der Waals surface area contributed by atoms with Crippen molar-refractivity contribution in [3.8, 4) is 0 Å². The van der Waals surface area contributed by atoms with Gasteiger partial charge in [-0.05, 0) is 30.5 Å². The fourth-order valence-electron chi connectivity index (χ4n) is 2.46. The SMILES string of the molecule is CCC(CCCl)CNCC1CSc2ccccc21. The lowest BCUT2D eigenvalue weighted by Crippen LogP contribution is -2.27. The van der Waals surface area contributed by atoms with E-state index in [0.29, 0.717) is 5.92 Å². The van der Waals surface area contributed by atoms with E-state index in [1.54, 1.807) is 0 Å². The summed E-state index contributed by atoms with van der Waals surface area (Å²) in [7, 11) is 0. The molecule has 0 aromatic heterocycles. The predicted molar refractivity (Wildman–Crippen MR) is 81.9 cm³/mol. The Morgan fingerprint density at radius 2 is 2.28 bits per heavy atom. The molecule has 3 heteroatoms. The second-order valence-electron chi connectivity index (χ2n) is 4.96. The van der Waals surface area contributed by atoms with Gasteiger partial charge >= 0.3 is 0 Å². The van der Waals surface area contributed by atoms with Crippen LogP contribution < -0.4 is 5.32 Å². The fourth-order valence-corrected chi connectivity index (χ4v) is 4.03. The third-order valence-corrected chi connectivity index (χ3v) is 5.19. The molecule has 1 aliphatic rings. The first kappa shape index (κ1) is 14.2. The van der Waals surface area contributed by atoms with Crippen LogP contribution in [0.1, 0.15) is 31.2 Å². The molecule has 0 saturated carbocycles. The van der Waals surface area contributed by atoms with E-state index in [-0.39, 0.29) is 0 Å². The van der Waals surface area contributed by atoms with Crippen molar-refractivity contribution < 1.29 is 0 Å². The zero-order chi connectivity index (χ0) is 12.8. The van der Waals surface area contributed by atoms with E-state index >= 15 is 0 Å². The summed E-state index contributed by atoms with van der Waals surface area (Å²) >= 11 is 7.81. The largest absolute Gasteiger partial charge is 0.316 e. The minimum absolute atomic E-state index is 0.680. The molecular weight excluding hydrogens is 262 g/mol. The molecule has 0 radical (unpaired) electrons. The van der Waals surface area contributed by atoms with Crippen LogP contribution in [0.25, 0.3) is 0 Å². The van der Waals surface area contributed by atoms with Crippen LogP contribution >= 0.6 is 23.4 Å². The minimum atomic E-state index is 0.680. The van der Waals surface area contributed by atoms with Gasteiger partial charge in [-0.3, -0.25) is 0 Å². The van der Waals surface area contributed by atoms with Crippen LogP contribution in [0.4, 0.5) is 0 Å². The van der Waals surface area contributed by atoms with Crippen LogP contribution in [0.2, 0.25) is 0 Å². The summed E-state index contributed by atoms with van der Waals surface area (Å²) in [5, 5.41) is 3.63. The van der Waals surface area contributed by atoms with Crippen molar-refractivity contribution in [2.75, 3.05) is 24.7 Å². The molecule has 1 N–H and O–H groups in total. The summed E-state index contributed by atoms with van der Waals surface area (Å²) < 4.78 is 0. The number of alkyl halides is 1. The molecule has 1 aromatic rings. The summed E-state index contributed by atoms with van der Waals surface area (Å²) in [5.74, 6) is 3.41. The van der Waals surface area contributed by atoms with Crippen LogP contribution in [0.5, 0.6) is 0 Å². The van der Waals surface area contributed by atoms with Crippen molar-refractivity contribution in [3.63, 3.8) is 0 Å². The lowest BCUT2D eigenvalue weighted by molar-refractivity contribution is 0.445. The average molecular weight is 284 g/mol. The summed E-state index contributed by atoms with van der Waals surface area (Å²) in [4.78, 5) is 1.47. The Bertz CT molecular complexity index is 369. The van der Waals surface area contributed by atoms with Gasteiger partial charge in [-0.15, -0.1) is 23.4 Å². The summed E-state index contributed by atoms with van der Waals surface area (Å²) in [6.45, 7) is 4.45. The van der Waals surface area contributed by atoms with Gasteiger partial charge in [-0.25, -0.2) is 0 Å². The molecule has 0 fully saturated rings. The maximum Gasteiger partial charge on any atom is 0.0226 e. The van der Waals surface area contributed by atoms with Crippen LogP contribution in [0, 0.1) is 5.92 Å². The van der Waals surface area contributed by atoms with Crippen molar-refractivity contribution >= 4 is 23.4 Å². The number of benzene rings is 1.